The number of aromatic nitrogens is 4. The maximum atomic E-state index is 11.6. The molecule has 0 amide bonds. The summed E-state index contributed by atoms with van der Waals surface area (Å²) >= 11 is 3.61. The minimum Gasteiger partial charge on any atom is -0.507 e. The van der Waals surface area contributed by atoms with E-state index in [0.29, 0.717) is 0 Å². The highest BCUT2D eigenvalue weighted by molar-refractivity contribution is 7.27. The number of rotatable bonds is 3. The molecule has 1 N–H and O–H groups in total. The Morgan fingerprint density at radius 2 is 0.836 bits per heavy atom. The van der Waals surface area contributed by atoms with Crippen molar-refractivity contribution in [3.8, 4) is 39.1 Å². The summed E-state index contributed by atoms with van der Waals surface area (Å²) in [6.45, 7) is 0. The van der Waals surface area contributed by atoms with Crippen molar-refractivity contribution < 1.29 is 5.11 Å². The lowest BCUT2D eigenvalue weighted by atomic mass is 9.94. The summed E-state index contributed by atoms with van der Waals surface area (Å²) in [4.78, 5) is 10.3. The van der Waals surface area contributed by atoms with E-state index in [1.807, 2.05) is 29.5 Å². The molecule has 14 aromatic rings. The molecule has 0 aliphatic heterocycles. The number of imidazole rings is 2. The van der Waals surface area contributed by atoms with Gasteiger partial charge in [0.25, 0.3) is 0 Å². The van der Waals surface area contributed by atoms with Gasteiger partial charge in [-0.3, -0.25) is 8.80 Å². The Kier molecular flexibility index (Phi) is 6.68. The molecule has 61 heavy (non-hydrogen) atoms. The van der Waals surface area contributed by atoms with Crippen molar-refractivity contribution in [3.63, 3.8) is 0 Å². The molecule has 8 aromatic carbocycles. The number of para-hydroxylation sites is 4. The summed E-state index contributed by atoms with van der Waals surface area (Å²) in [7, 11) is 0. The Morgan fingerprint density at radius 3 is 1.36 bits per heavy atom. The molecule has 0 atom stereocenters. The molecule has 7 heteroatoms. The summed E-state index contributed by atoms with van der Waals surface area (Å²) in [5, 5.41) is 21.3. The molecule has 6 aromatic heterocycles. The van der Waals surface area contributed by atoms with Crippen LogP contribution in [0, 0.1) is 0 Å². The molecule has 0 saturated carbocycles. The van der Waals surface area contributed by atoms with Crippen LogP contribution in [0.1, 0.15) is 0 Å². The Morgan fingerprint density at radius 1 is 0.410 bits per heavy atom. The Balaban J connectivity index is 0.968. The molecule has 0 aliphatic carbocycles. The first-order chi connectivity index (χ1) is 30.1. The molecule has 0 unspecified atom stereocenters. The molecule has 14 rings (SSSR count). The fraction of sp³-hybridized carbons (Fsp3) is 0. The second-order valence-corrected chi connectivity index (χ2v) is 18.1. The third-order valence-corrected chi connectivity index (χ3v) is 14.9. The molecule has 0 radical (unpaired) electrons. The predicted molar refractivity (Wildman–Crippen MR) is 258 cm³/mol. The maximum Gasteiger partial charge on any atom is 0.156 e. The summed E-state index contributed by atoms with van der Waals surface area (Å²) in [6, 6.07) is 57.9. The zero-order valence-corrected chi connectivity index (χ0v) is 33.9. The predicted octanol–water partition coefficient (Wildman–Crippen LogP) is 15.0. The lowest BCUT2D eigenvalue weighted by Gasteiger charge is -2.13. The van der Waals surface area contributed by atoms with Gasteiger partial charge in [-0.05, 0) is 98.9 Å². The highest BCUT2D eigenvalue weighted by Crippen LogP contribution is 2.47. The van der Waals surface area contributed by atoms with Crippen molar-refractivity contribution in [2.45, 2.75) is 0 Å². The van der Waals surface area contributed by atoms with Crippen LogP contribution >= 0.6 is 22.7 Å². The van der Waals surface area contributed by atoms with E-state index in [1.165, 1.54) is 57.2 Å². The highest BCUT2D eigenvalue weighted by atomic mass is 32.1. The molecule has 0 saturated heterocycles. The average Bonchev–Trinajstić information content (AvgIpc) is 4.07. The van der Waals surface area contributed by atoms with Crippen molar-refractivity contribution in [2.75, 3.05) is 0 Å². The number of nitrogens with zero attached hydrogens (tertiary/aromatic N) is 4. The Labute approximate surface area is 355 Å². The lowest BCUT2D eigenvalue weighted by Crippen LogP contribution is -1.91. The number of phenols is 1. The number of aromatic hydroxyl groups is 1. The summed E-state index contributed by atoms with van der Waals surface area (Å²) in [5.41, 5.74) is 12.2. The van der Waals surface area contributed by atoms with Gasteiger partial charge in [0.2, 0.25) is 0 Å². The molecule has 0 fully saturated rings. The average molecular weight is 815 g/mol. The molecular weight excluding hydrogens is 785 g/mol. The van der Waals surface area contributed by atoms with Gasteiger partial charge in [-0.15, -0.1) is 22.7 Å². The number of hydrogen-bond donors (Lipinski definition) is 1. The molecular formula is C54H30N4OS2. The topological polar surface area (TPSA) is 54.8 Å². The first kappa shape index (κ1) is 33.3. The van der Waals surface area contributed by atoms with Gasteiger partial charge in [0.05, 0.1) is 31.5 Å². The van der Waals surface area contributed by atoms with E-state index in [-0.39, 0.29) is 5.75 Å². The van der Waals surface area contributed by atoms with Gasteiger partial charge < -0.3 is 5.11 Å². The second-order valence-electron chi connectivity index (χ2n) is 16.0. The molecule has 0 aliphatic rings. The maximum absolute atomic E-state index is 11.6. The number of phenolic OH excluding ortho intramolecular Hbond substituents is 1. The van der Waals surface area contributed by atoms with Gasteiger partial charge in [-0.25, -0.2) is 9.97 Å². The van der Waals surface area contributed by atoms with Crippen LogP contribution < -0.4 is 0 Å². The van der Waals surface area contributed by atoms with Crippen LogP contribution in [0.4, 0.5) is 0 Å². The van der Waals surface area contributed by atoms with Crippen molar-refractivity contribution in [2.24, 2.45) is 0 Å². The Bertz CT molecular complexity index is 4180. The van der Waals surface area contributed by atoms with Gasteiger partial charge in [-0.1, -0.05) is 103 Å². The highest BCUT2D eigenvalue weighted by Gasteiger charge is 2.21. The van der Waals surface area contributed by atoms with E-state index in [9.17, 15) is 5.11 Å². The zero-order chi connectivity index (χ0) is 39.9. The standard InChI is InChI=1S/C54H30N4OS2/c59-46-22-21-36(41-29-58-45-16-8-6-14-43(45)56-54(58)52-50(41)39-24-33-10-2-4-12-35(33)27-48(39)61-52)25-37(46)30-17-19-31(20-18-30)40-28-57-44-15-7-5-13-42(44)55-53(57)51-49(40)38-23-32-9-1-3-11-34(32)26-47(38)60-51/h1-29,59H. The van der Waals surface area contributed by atoms with Crippen LogP contribution in [0.25, 0.3) is 129 Å². The molecule has 0 bridgehead atoms. The third-order valence-electron chi connectivity index (χ3n) is 12.6. The number of pyridine rings is 2. The van der Waals surface area contributed by atoms with Gasteiger partial charge in [-0.2, -0.15) is 0 Å². The van der Waals surface area contributed by atoms with Crippen LogP contribution in [0.3, 0.4) is 0 Å². The van der Waals surface area contributed by atoms with Gasteiger partial charge >= 0.3 is 0 Å². The number of hydrogen-bond acceptors (Lipinski definition) is 5. The molecule has 5 nitrogen and oxygen atoms in total. The molecule has 6 heterocycles. The smallest absolute Gasteiger partial charge is 0.156 e. The first-order valence-corrected chi connectivity index (χ1v) is 22.0. The first-order valence-electron chi connectivity index (χ1n) is 20.4. The van der Waals surface area contributed by atoms with E-state index >= 15 is 0 Å². The number of thiophene rings is 2. The largest absolute Gasteiger partial charge is 0.507 e. The van der Waals surface area contributed by atoms with Crippen molar-refractivity contribution in [3.05, 3.63) is 176 Å². The van der Waals surface area contributed by atoms with Gasteiger partial charge in [0.15, 0.2) is 11.3 Å². The van der Waals surface area contributed by atoms with Crippen molar-refractivity contribution >= 4 is 118 Å². The second kappa shape index (κ2) is 12.2. The van der Waals surface area contributed by atoms with Crippen molar-refractivity contribution in [1.82, 2.24) is 18.8 Å². The van der Waals surface area contributed by atoms with Crippen LogP contribution in [-0.2, 0) is 0 Å². The van der Waals surface area contributed by atoms with Crippen LogP contribution in [0.5, 0.6) is 5.75 Å². The van der Waals surface area contributed by atoms with Crippen molar-refractivity contribution in [1.29, 1.82) is 0 Å². The Hall–Kier alpha value is -7.58. The minimum absolute atomic E-state index is 0.243. The van der Waals surface area contributed by atoms with Crippen LogP contribution in [0.2, 0.25) is 0 Å². The van der Waals surface area contributed by atoms with Crippen LogP contribution in [-0.4, -0.2) is 23.9 Å². The number of fused-ring (bicyclic) bond motifs is 16. The van der Waals surface area contributed by atoms with Crippen LogP contribution in [0.15, 0.2) is 176 Å². The van der Waals surface area contributed by atoms with E-state index in [4.69, 9.17) is 9.97 Å². The quantitative estimate of drug-likeness (QED) is 0.193. The SMILES string of the molecule is Oc1ccc(-c2cn3c4ccccc4nc3c3sc4cc5ccccc5cc4c23)cc1-c1ccc(-c2cn3c4ccccc4nc3c3sc4cc5ccccc5cc4c23)cc1. The molecule has 284 valence electrons. The van der Waals surface area contributed by atoms with Gasteiger partial charge in [0, 0.05) is 60.0 Å². The number of benzene rings is 8. The fourth-order valence-electron chi connectivity index (χ4n) is 9.67. The minimum atomic E-state index is 0.243. The zero-order valence-electron chi connectivity index (χ0n) is 32.3. The van der Waals surface area contributed by atoms with E-state index in [1.54, 1.807) is 11.3 Å². The summed E-state index contributed by atoms with van der Waals surface area (Å²) in [5.74, 6) is 0.243. The van der Waals surface area contributed by atoms with Gasteiger partial charge in [0.1, 0.15) is 5.75 Å². The van der Waals surface area contributed by atoms with E-state index < -0.39 is 0 Å². The lowest BCUT2D eigenvalue weighted by molar-refractivity contribution is 0.477. The van der Waals surface area contributed by atoms with E-state index in [0.717, 1.165) is 71.4 Å². The summed E-state index contributed by atoms with van der Waals surface area (Å²) < 4.78 is 9.30. The fourth-order valence-corrected chi connectivity index (χ4v) is 12.1. The summed E-state index contributed by atoms with van der Waals surface area (Å²) in [6.07, 6.45) is 4.50. The third kappa shape index (κ3) is 4.75. The van der Waals surface area contributed by atoms with E-state index in [2.05, 4.69) is 167 Å². The normalized spacial score (nSPS) is 12.3. The molecule has 0 spiro atoms. The monoisotopic (exact) mass is 814 g/mol.